The molecule has 0 aliphatic carbocycles. The second kappa shape index (κ2) is 5.79. The average Bonchev–Trinajstić information content (AvgIpc) is 3.23. The minimum absolute atomic E-state index is 0.788. The van der Waals surface area contributed by atoms with Gasteiger partial charge in [0.25, 0.3) is 0 Å². The average molecular weight is 342 g/mol. The molecule has 0 aliphatic rings. The second-order valence-corrected chi connectivity index (χ2v) is 6.94. The van der Waals surface area contributed by atoms with Crippen LogP contribution in [0, 0.1) is 0 Å². The van der Waals surface area contributed by atoms with Gasteiger partial charge in [-0.1, -0.05) is 84.1 Å². The molecule has 0 bridgehead atoms. The number of nitrogens with zero attached hydrogens (tertiary/aromatic N) is 4. The van der Waals surface area contributed by atoms with Crippen molar-refractivity contribution in [1.82, 2.24) is 19.8 Å². The standard InChI is InChI=1S/C20H14N4S/c1-2-8-15(9-3-1)19-21-22-20-24(19)23-18(25-20)13-16-11-6-10-14-7-4-5-12-17(14)16/h1-12H,13H2. The van der Waals surface area contributed by atoms with Gasteiger partial charge in [-0.3, -0.25) is 0 Å². The first-order chi connectivity index (χ1) is 12.4. The SMILES string of the molecule is c1ccc(-c2nnc3sc(Cc4cccc5ccccc45)nn23)cc1. The van der Waals surface area contributed by atoms with Crippen LogP contribution in [0.2, 0.25) is 0 Å². The Hall–Kier alpha value is -3.05. The van der Waals surface area contributed by atoms with Crippen LogP contribution in [0.1, 0.15) is 10.6 Å². The topological polar surface area (TPSA) is 43.1 Å². The fraction of sp³-hybridized carbons (Fsp3) is 0.0500. The highest BCUT2D eigenvalue weighted by Gasteiger charge is 2.14. The number of hydrogen-bond acceptors (Lipinski definition) is 4. The molecule has 0 radical (unpaired) electrons. The normalized spacial score (nSPS) is 11.4. The summed E-state index contributed by atoms with van der Waals surface area (Å²) in [6.45, 7) is 0. The van der Waals surface area contributed by atoms with Crippen molar-refractivity contribution in [3.8, 4) is 11.4 Å². The molecule has 5 rings (SSSR count). The van der Waals surface area contributed by atoms with E-state index in [1.165, 1.54) is 16.3 Å². The van der Waals surface area contributed by atoms with Crippen LogP contribution in [0.3, 0.4) is 0 Å². The van der Waals surface area contributed by atoms with Crippen LogP contribution in [0.15, 0.2) is 72.8 Å². The van der Waals surface area contributed by atoms with E-state index >= 15 is 0 Å². The van der Waals surface area contributed by atoms with E-state index in [2.05, 4.69) is 52.7 Å². The fourth-order valence-electron chi connectivity index (χ4n) is 3.10. The summed E-state index contributed by atoms with van der Waals surface area (Å²) < 4.78 is 1.85. The summed E-state index contributed by atoms with van der Waals surface area (Å²) in [6, 6.07) is 24.9. The van der Waals surface area contributed by atoms with Gasteiger partial charge in [-0.25, -0.2) is 0 Å². The van der Waals surface area contributed by atoms with Crippen LogP contribution in [-0.2, 0) is 6.42 Å². The third-order valence-electron chi connectivity index (χ3n) is 4.29. The predicted molar refractivity (Wildman–Crippen MR) is 101 cm³/mol. The van der Waals surface area contributed by atoms with Gasteiger partial charge in [0, 0.05) is 12.0 Å². The third-order valence-corrected chi connectivity index (χ3v) is 5.19. The highest BCUT2D eigenvalue weighted by atomic mass is 32.1. The lowest BCUT2D eigenvalue weighted by atomic mass is 10.0. The van der Waals surface area contributed by atoms with E-state index in [0.29, 0.717) is 0 Å². The van der Waals surface area contributed by atoms with Crippen LogP contribution in [0.4, 0.5) is 0 Å². The van der Waals surface area contributed by atoms with E-state index in [1.807, 2.05) is 34.8 Å². The summed E-state index contributed by atoms with van der Waals surface area (Å²) in [5.74, 6) is 0.788. The van der Waals surface area contributed by atoms with Crippen molar-refractivity contribution >= 4 is 27.1 Å². The lowest BCUT2D eigenvalue weighted by Crippen LogP contribution is -1.94. The van der Waals surface area contributed by atoms with Crippen LogP contribution in [-0.4, -0.2) is 19.8 Å². The molecule has 0 spiro atoms. The molecule has 120 valence electrons. The first-order valence-electron chi connectivity index (χ1n) is 8.12. The fourth-order valence-corrected chi connectivity index (χ4v) is 3.96. The molecular formula is C20H14N4S. The van der Waals surface area contributed by atoms with Crippen LogP contribution < -0.4 is 0 Å². The zero-order valence-electron chi connectivity index (χ0n) is 13.3. The molecule has 2 heterocycles. The number of hydrogen-bond donors (Lipinski definition) is 0. The first kappa shape index (κ1) is 14.3. The molecule has 0 fully saturated rings. The van der Waals surface area contributed by atoms with Crippen molar-refractivity contribution in [1.29, 1.82) is 0 Å². The Labute approximate surface area is 148 Å². The number of benzene rings is 3. The van der Waals surface area contributed by atoms with E-state index in [4.69, 9.17) is 5.10 Å². The van der Waals surface area contributed by atoms with Gasteiger partial charge in [-0.05, 0) is 16.3 Å². The molecule has 0 aliphatic heterocycles. The monoisotopic (exact) mass is 342 g/mol. The second-order valence-electron chi connectivity index (χ2n) is 5.89. The molecule has 0 N–H and O–H groups in total. The molecule has 0 saturated carbocycles. The van der Waals surface area contributed by atoms with Gasteiger partial charge in [0.15, 0.2) is 5.82 Å². The maximum absolute atomic E-state index is 4.76. The van der Waals surface area contributed by atoms with E-state index in [-0.39, 0.29) is 0 Å². The van der Waals surface area contributed by atoms with Gasteiger partial charge in [-0.2, -0.15) is 9.61 Å². The van der Waals surface area contributed by atoms with Crippen LogP contribution >= 0.6 is 11.3 Å². The van der Waals surface area contributed by atoms with Gasteiger partial charge < -0.3 is 0 Å². The molecule has 25 heavy (non-hydrogen) atoms. The Bertz CT molecular complexity index is 1170. The van der Waals surface area contributed by atoms with Gasteiger partial charge >= 0.3 is 0 Å². The molecule has 0 amide bonds. The Balaban J connectivity index is 1.57. The highest BCUT2D eigenvalue weighted by molar-refractivity contribution is 7.16. The van der Waals surface area contributed by atoms with Crippen LogP contribution in [0.25, 0.3) is 27.1 Å². The van der Waals surface area contributed by atoms with Crippen molar-refractivity contribution in [2.75, 3.05) is 0 Å². The first-order valence-corrected chi connectivity index (χ1v) is 8.93. The summed E-state index contributed by atoms with van der Waals surface area (Å²) in [4.78, 5) is 0.828. The lowest BCUT2D eigenvalue weighted by molar-refractivity contribution is 0.919. The molecular weight excluding hydrogens is 328 g/mol. The van der Waals surface area contributed by atoms with E-state index in [9.17, 15) is 0 Å². The molecule has 5 aromatic rings. The molecule has 5 heteroatoms. The maximum atomic E-state index is 4.76. The molecule has 0 saturated heterocycles. The minimum Gasteiger partial charge on any atom is -0.183 e. The number of rotatable bonds is 3. The minimum atomic E-state index is 0.788. The summed E-state index contributed by atoms with van der Waals surface area (Å²) >= 11 is 1.59. The highest BCUT2D eigenvalue weighted by Crippen LogP contribution is 2.25. The Kier molecular flexibility index (Phi) is 3.31. The van der Waals surface area contributed by atoms with Crippen LogP contribution in [0.5, 0.6) is 0 Å². The Morgan fingerprint density at radius 3 is 2.52 bits per heavy atom. The summed E-state index contributed by atoms with van der Waals surface area (Å²) in [6.07, 6.45) is 0.795. The van der Waals surface area contributed by atoms with E-state index < -0.39 is 0 Å². The van der Waals surface area contributed by atoms with Gasteiger partial charge in [0.2, 0.25) is 4.96 Å². The van der Waals surface area contributed by atoms with E-state index in [1.54, 1.807) is 11.3 Å². The van der Waals surface area contributed by atoms with Crippen molar-refractivity contribution < 1.29 is 0 Å². The summed E-state index contributed by atoms with van der Waals surface area (Å²) in [7, 11) is 0. The molecule has 2 aromatic heterocycles. The third kappa shape index (κ3) is 2.49. The summed E-state index contributed by atoms with van der Waals surface area (Å²) in [5.41, 5.74) is 2.31. The Morgan fingerprint density at radius 1 is 0.800 bits per heavy atom. The van der Waals surface area contributed by atoms with Gasteiger partial charge in [0.1, 0.15) is 5.01 Å². The van der Waals surface area contributed by atoms with Gasteiger partial charge in [-0.15, -0.1) is 10.2 Å². The molecule has 0 unspecified atom stereocenters. The zero-order chi connectivity index (χ0) is 16.6. The zero-order valence-corrected chi connectivity index (χ0v) is 14.1. The molecule has 4 nitrogen and oxygen atoms in total. The van der Waals surface area contributed by atoms with Gasteiger partial charge in [0.05, 0.1) is 0 Å². The number of fused-ring (bicyclic) bond motifs is 2. The van der Waals surface area contributed by atoms with Crippen molar-refractivity contribution in [2.45, 2.75) is 6.42 Å². The molecule has 3 aromatic carbocycles. The quantitative estimate of drug-likeness (QED) is 0.481. The maximum Gasteiger partial charge on any atom is 0.234 e. The lowest BCUT2D eigenvalue weighted by Gasteiger charge is -2.04. The summed E-state index contributed by atoms with van der Waals surface area (Å²) in [5, 5.41) is 16.9. The smallest absolute Gasteiger partial charge is 0.183 e. The largest absolute Gasteiger partial charge is 0.234 e. The number of aromatic nitrogens is 4. The van der Waals surface area contributed by atoms with E-state index in [0.717, 1.165) is 27.8 Å². The van der Waals surface area contributed by atoms with Crippen molar-refractivity contribution in [2.24, 2.45) is 0 Å². The Morgan fingerprint density at radius 2 is 1.60 bits per heavy atom. The molecule has 0 atom stereocenters. The predicted octanol–water partition coefficient (Wildman–Crippen LogP) is 4.60. The van der Waals surface area contributed by atoms with Crippen molar-refractivity contribution in [3.05, 3.63) is 83.4 Å². The van der Waals surface area contributed by atoms with Crippen molar-refractivity contribution in [3.63, 3.8) is 0 Å².